The summed E-state index contributed by atoms with van der Waals surface area (Å²) in [7, 11) is 3.45. The van der Waals surface area contributed by atoms with Crippen molar-refractivity contribution in [1.29, 1.82) is 0 Å². The maximum Gasteiger partial charge on any atom is 0.266 e. The zero-order valence-corrected chi connectivity index (χ0v) is 15.3. The fraction of sp³-hybridized carbons (Fsp3) is 0.125. The zero-order valence-electron chi connectivity index (χ0n) is 7.84. The van der Waals surface area contributed by atoms with Crippen LogP contribution in [0.15, 0.2) is 10.8 Å². The minimum Gasteiger partial charge on any atom is -0.444 e. The van der Waals surface area contributed by atoms with E-state index in [1.807, 2.05) is 0 Å². The SMILES string of the molecule is [CH2-]N1C(=O)C(=O)Cc2ncc(Br)nc21.[W].[W]. The third-order valence-corrected chi connectivity index (χ3v) is 2.25. The molecule has 0 saturated carbocycles. The molecule has 2 heterocycles. The van der Waals surface area contributed by atoms with E-state index < -0.39 is 11.7 Å². The third kappa shape index (κ3) is 2.85. The number of fused-ring (bicyclic) bond motifs is 1. The second-order valence-corrected chi connectivity index (χ2v) is 3.61. The average Bonchev–Trinajstić information content (AvgIpc) is 2.16. The Kier molecular flexibility index (Phi) is 6.16. The fourth-order valence-electron chi connectivity index (χ4n) is 1.20. The van der Waals surface area contributed by atoms with Gasteiger partial charge in [0.05, 0.1) is 18.3 Å². The summed E-state index contributed by atoms with van der Waals surface area (Å²) >= 11 is 3.13. The predicted octanol–water partition coefficient (Wildman–Crippen LogP) is 0.484. The number of hydrogen-bond donors (Lipinski definition) is 0. The number of rotatable bonds is 0. The quantitative estimate of drug-likeness (QED) is 0.312. The van der Waals surface area contributed by atoms with E-state index in [1.165, 1.54) is 6.20 Å². The molecule has 0 aromatic carbocycles. The summed E-state index contributed by atoms with van der Waals surface area (Å²) in [6.45, 7) is 0. The Morgan fingerprint density at radius 2 is 2.00 bits per heavy atom. The van der Waals surface area contributed by atoms with Crippen molar-refractivity contribution >= 4 is 33.4 Å². The monoisotopic (exact) mass is 622 g/mol. The average molecular weight is 623 g/mol. The minimum absolute atomic E-state index is 0. The van der Waals surface area contributed by atoms with E-state index in [0.717, 1.165) is 4.90 Å². The van der Waals surface area contributed by atoms with Crippen LogP contribution in [-0.4, -0.2) is 21.7 Å². The first-order valence-corrected chi connectivity index (χ1v) is 4.58. The summed E-state index contributed by atoms with van der Waals surface area (Å²) in [5, 5.41) is 0. The molecule has 1 aliphatic rings. The largest absolute Gasteiger partial charge is 0.444 e. The van der Waals surface area contributed by atoms with Crippen LogP contribution < -0.4 is 4.90 Å². The fourth-order valence-corrected chi connectivity index (χ4v) is 1.47. The van der Waals surface area contributed by atoms with Crippen LogP contribution in [0.1, 0.15) is 5.69 Å². The molecule has 1 aromatic heterocycles. The van der Waals surface area contributed by atoms with Crippen LogP contribution in [0, 0.1) is 7.05 Å². The van der Waals surface area contributed by atoms with Gasteiger partial charge in [0.15, 0.2) is 0 Å². The molecule has 0 fully saturated rings. The summed E-state index contributed by atoms with van der Waals surface area (Å²) in [6, 6.07) is 0. The number of aromatic nitrogens is 2. The minimum atomic E-state index is -0.648. The Morgan fingerprint density at radius 1 is 1.38 bits per heavy atom. The Morgan fingerprint density at radius 3 is 2.62 bits per heavy atom. The molecule has 0 atom stereocenters. The Balaban J connectivity index is 0.00000112. The van der Waals surface area contributed by atoms with Gasteiger partial charge in [0, 0.05) is 42.1 Å². The number of halogens is 1. The molecular weight excluding hydrogens is 618 g/mol. The number of Topliss-reactive ketones (excluding diaryl/α,β-unsaturated/α-hetero) is 1. The molecule has 1 aromatic rings. The summed E-state index contributed by atoms with van der Waals surface area (Å²) < 4.78 is 0.507. The maximum atomic E-state index is 11.2. The summed E-state index contributed by atoms with van der Waals surface area (Å²) in [5.74, 6) is -0.821. The van der Waals surface area contributed by atoms with Crippen molar-refractivity contribution in [3.8, 4) is 0 Å². The topological polar surface area (TPSA) is 63.2 Å². The molecule has 5 nitrogen and oxygen atoms in total. The molecule has 0 saturated heterocycles. The number of hydrogen-bond acceptors (Lipinski definition) is 4. The number of ketones is 1. The summed E-state index contributed by atoms with van der Waals surface area (Å²) in [6.07, 6.45) is 1.48. The second-order valence-electron chi connectivity index (χ2n) is 2.80. The molecule has 1 aliphatic heterocycles. The van der Waals surface area contributed by atoms with Crippen LogP contribution in [0.2, 0.25) is 0 Å². The summed E-state index contributed by atoms with van der Waals surface area (Å²) in [4.78, 5) is 31.4. The van der Waals surface area contributed by atoms with Crippen molar-refractivity contribution in [2.24, 2.45) is 0 Å². The molecule has 8 heteroatoms. The van der Waals surface area contributed by atoms with Crippen LogP contribution in [0.3, 0.4) is 0 Å². The van der Waals surface area contributed by atoms with Gasteiger partial charge in [-0.05, 0) is 15.9 Å². The van der Waals surface area contributed by atoms with E-state index >= 15 is 0 Å². The van der Waals surface area contributed by atoms with Crippen LogP contribution in [-0.2, 0) is 58.1 Å². The molecule has 0 bridgehead atoms. The van der Waals surface area contributed by atoms with Crippen molar-refractivity contribution in [1.82, 2.24) is 9.97 Å². The number of amides is 1. The van der Waals surface area contributed by atoms with Gasteiger partial charge < -0.3 is 4.90 Å². The number of carbonyl (C=O) groups is 2. The molecule has 0 unspecified atom stereocenters. The molecule has 0 radical (unpaired) electrons. The van der Waals surface area contributed by atoms with E-state index in [4.69, 9.17) is 0 Å². The molecule has 0 aliphatic carbocycles. The first kappa shape index (κ1) is 16.1. The van der Waals surface area contributed by atoms with Gasteiger partial charge in [0.1, 0.15) is 10.4 Å². The van der Waals surface area contributed by atoms with Crippen LogP contribution in [0.4, 0.5) is 5.82 Å². The smallest absolute Gasteiger partial charge is 0.266 e. The van der Waals surface area contributed by atoms with Gasteiger partial charge >= 0.3 is 0 Å². The van der Waals surface area contributed by atoms with Gasteiger partial charge in [-0.3, -0.25) is 14.6 Å². The van der Waals surface area contributed by atoms with E-state index in [9.17, 15) is 9.59 Å². The van der Waals surface area contributed by atoms with E-state index in [-0.39, 0.29) is 48.6 Å². The predicted molar refractivity (Wildman–Crippen MR) is 51.3 cm³/mol. The van der Waals surface area contributed by atoms with Crippen molar-refractivity contribution in [2.45, 2.75) is 6.42 Å². The summed E-state index contributed by atoms with van der Waals surface area (Å²) in [5.41, 5.74) is 0.479. The normalized spacial score (nSPS) is 13.8. The second kappa shape index (κ2) is 6.13. The molecule has 1 amide bonds. The van der Waals surface area contributed by atoms with Crippen LogP contribution in [0.5, 0.6) is 0 Å². The van der Waals surface area contributed by atoms with E-state index in [1.54, 1.807) is 0 Å². The van der Waals surface area contributed by atoms with Crippen LogP contribution >= 0.6 is 15.9 Å². The first-order valence-electron chi connectivity index (χ1n) is 3.79. The van der Waals surface area contributed by atoms with Crippen LogP contribution in [0.25, 0.3) is 0 Å². The maximum absolute atomic E-state index is 11.2. The van der Waals surface area contributed by atoms with Crippen molar-refractivity contribution in [3.05, 3.63) is 23.5 Å². The molecule has 84 valence electrons. The van der Waals surface area contributed by atoms with Crippen molar-refractivity contribution < 1.29 is 51.7 Å². The number of nitrogens with zero attached hydrogens (tertiary/aromatic N) is 3. The van der Waals surface area contributed by atoms with Gasteiger partial charge in [0.2, 0.25) is 5.78 Å². The molecule has 0 N–H and O–H groups in total. The Bertz CT molecular complexity index is 441. The first-order chi connectivity index (χ1) is 6.59. The van der Waals surface area contributed by atoms with E-state index in [2.05, 4.69) is 32.9 Å². The number of carbonyl (C=O) groups excluding carboxylic acids is 2. The Hall–Kier alpha value is 0.0766. The molecule has 2 rings (SSSR count). The van der Waals surface area contributed by atoms with E-state index in [0.29, 0.717) is 16.1 Å². The van der Waals surface area contributed by atoms with Gasteiger partial charge in [-0.2, -0.15) is 0 Å². The zero-order chi connectivity index (χ0) is 10.3. The van der Waals surface area contributed by atoms with Crippen molar-refractivity contribution in [3.63, 3.8) is 0 Å². The molecular formula is C8H5BrN3O2W2-. The molecule has 16 heavy (non-hydrogen) atoms. The Labute approximate surface area is 129 Å². The van der Waals surface area contributed by atoms with Gasteiger partial charge in [0.25, 0.3) is 5.91 Å². The van der Waals surface area contributed by atoms with Gasteiger partial charge in [-0.25, -0.2) is 12.0 Å². The standard InChI is InChI=1S/C8H5BrN3O2.2W/c1-12-7-4(2-5(13)8(12)14)10-3-6(9)11-7;;/h3H,1-2H2;;/q-1;;. The van der Waals surface area contributed by atoms with Gasteiger partial charge in [-0.1, -0.05) is 0 Å². The van der Waals surface area contributed by atoms with Crippen molar-refractivity contribution in [2.75, 3.05) is 4.90 Å². The number of anilines is 1. The molecule has 0 spiro atoms. The van der Waals surface area contributed by atoms with Gasteiger partial charge in [-0.15, -0.1) is 0 Å². The third-order valence-electron chi connectivity index (χ3n) is 1.87.